The summed E-state index contributed by atoms with van der Waals surface area (Å²) in [5.74, 6) is 1.01. The molecule has 1 heterocycles. The molecule has 1 aromatic carbocycles. The number of aromatic nitrogens is 2. The van der Waals surface area contributed by atoms with E-state index >= 15 is 0 Å². The van der Waals surface area contributed by atoms with Gasteiger partial charge in [-0.1, -0.05) is 53.4 Å². The standard InChI is InChI=1S/C11H13N3S2/c12-7-4-8-15-11-14-13-10(16-11)9-5-2-1-3-6-9/h1-3,5-6H,4,7-8,12H2. The molecule has 2 N–H and O–H groups in total. The van der Waals surface area contributed by atoms with Crippen LogP contribution in [0.25, 0.3) is 10.6 Å². The third-order valence-electron chi connectivity index (χ3n) is 2.00. The molecule has 16 heavy (non-hydrogen) atoms. The molecule has 0 fully saturated rings. The fraction of sp³-hybridized carbons (Fsp3) is 0.273. The normalized spacial score (nSPS) is 10.6. The molecule has 0 aliphatic heterocycles. The van der Waals surface area contributed by atoms with Gasteiger partial charge in [0.25, 0.3) is 0 Å². The Labute approximate surface area is 103 Å². The fourth-order valence-corrected chi connectivity index (χ4v) is 3.10. The van der Waals surface area contributed by atoms with Gasteiger partial charge in [0.1, 0.15) is 5.01 Å². The molecule has 0 bridgehead atoms. The van der Waals surface area contributed by atoms with Crippen LogP contribution < -0.4 is 5.73 Å². The Bertz CT molecular complexity index is 428. The van der Waals surface area contributed by atoms with Crippen molar-refractivity contribution in [2.24, 2.45) is 5.73 Å². The van der Waals surface area contributed by atoms with Gasteiger partial charge in [0.2, 0.25) is 0 Å². The summed E-state index contributed by atoms with van der Waals surface area (Å²) in [6, 6.07) is 10.1. The van der Waals surface area contributed by atoms with Crippen LogP contribution in [-0.2, 0) is 0 Å². The van der Waals surface area contributed by atoms with Crippen molar-refractivity contribution in [2.75, 3.05) is 12.3 Å². The van der Waals surface area contributed by atoms with Crippen LogP contribution in [-0.4, -0.2) is 22.5 Å². The summed E-state index contributed by atoms with van der Waals surface area (Å²) < 4.78 is 1.02. The molecule has 1 aromatic heterocycles. The molecule has 0 amide bonds. The van der Waals surface area contributed by atoms with Gasteiger partial charge in [-0.3, -0.25) is 0 Å². The monoisotopic (exact) mass is 251 g/mol. The minimum Gasteiger partial charge on any atom is -0.330 e. The zero-order chi connectivity index (χ0) is 11.2. The highest BCUT2D eigenvalue weighted by molar-refractivity contribution is 8.01. The van der Waals surface area contributed by atoms with Gasteiger partial charge < -0.3 is 5.73 Å². The summed E-state index contributed by atoms with van der Waals surface area (Å²) in [5.41, 5.74) is 6.57. The molecule has 0 radical (unpaired) electrons. The second-order valence-corrected chi connectivity index (χ2v) is 5.55. The molecule has 0 saturated carbocycles. The molecular formula is C11H13N3S2. The van der Waals surface area contributed by atoms with Crippen LogP contribution in [0.2, 0.25) is 0 Å². The first-order valence-electron chi connectivity index (χ1n) is 5.12. The smallest absolute Gasteiger partial charge is 0.174 e. The van der Waals surface area contributed by atoms with Crippen LogP contribution in [0.3, 0.4) is 0 Å². The highest BCUT2D eigenvalue weighted by Crippen LogP contribution is 2.29. The average Bonchev–Trinajstić information content (AvgIpc) is 2.79. The van der Waals surface area contributed by atoms with E-state index in [1.54, 1.807) is 23.1 Å². The van der Waals surface area contributed by atoms with E-state index in [1.807, 2.05) is 18.2 Å². The highest BCUT2D eigenvalue weighted by atomic mass is 32.2. The van der Waals surface area contributed by atoms with Gasteiger partial charge in [-0.15, -0.1) is 10.2 Å². The number of hydrogen-bond donors (Lipinski definition) is 1. The minimum atomic E-state index is 0.733. The molecule has 0 atom stereocenters. The Morgan fingerprint density at radius 3 is 2.75 bits per heavy atom. The molecule has 2 rings (SSSR count). The number of benzene rings is 1. The number of thioether (sulfide) groups is 1. The van der Waals surface area contributed by atoms with E-state index in [0.717, 1.165) is 33.6 Å². The van der Waals surface area contributed by atoms with Gasteiger partial charge in [0.05, 0.1) is 0 Å². The maximum absolute atomic E-state index is 5.44. The lowest BCUT2D eigenvalue weighted by molar-refractivity contribution is 0.939. The van der Waals surface area contributed by atoms with Crippen LogP contribution in [0.1, 0.15) is 6.42 Å². The van der Waals surface area contributed by atoms with Crippen molar-refractivity contribution in [3.63, 3.8) is 0 Å². The summed E-state index contributed by atoms with van der Waals surface area (Å²) >= 11 is 3.36. The predicted octanol–water partition coefficient (Wildman–Crippen LogP) is 2.65. The molecule has 0 saturated heterocycles. The first-order chi connectivity index (χ1) is 7.90. The zero-order valence-corrected chi connectivity index (χ0v) is 10.4. The van der Waals surface area contributed by atoms with E-state index in [-0.39, 0.29) is 0 Å². The summed E-state index contributed by atoms with van der Waals surface area (Å²) in [7, 11) is 0. The quantitative estimate of drug-likeness (QED) is 0.655. The third-order valence-corrected chi connectivity index (χ3v) is 4.19. The van der Waals surface area contributed by atoms with Gasteiger partial charge in [0, 0.05) is 11.3 Å². The van der Waals surface area contributed by atoms with Crippen molar-refractivity contribution >= 4 is 23.1 Å². The highest BCUT2D eigenvalue weighted by Gasteiger charge is 2.05. The van der Waals surface area contributed by atoms with Crippen molar-refractivity contribution < 1.29 is 0 Å². The fourth-order valence-electron chi connectivity index (χ4n) is 1.21. The van der Waals surface area contributed by atoms with Crippen LogP contribution in [0.15, 0.2) is 34.7 Å². The van der Waals surface area contributed by atoms with E-state index in [0.29, 0.717) is 0 Å². The lowest BCUT2D eigenvalue weighted by Gasteiger charge is -1.93. The maximum atomic E-state index is 5.44. The number of nitrogens with zero attached hydrogens (tertiary/aromatic N) is 2. The predicted molar refractivity (Wildman–Crippen MR) is 69.7 cm³/mol. The Balaban J connectivity index is 2.02. The Kier molecular flexibility index (Phi) is 4.33. The van der Waals surface area contributed by atoms with E-state index in [2.05, 4.69) is 22.3 Å². The Morgan fingerprint density at radius 1 is 1.19 bits per heavy atom. The second-order valence-electron chi connectivity index (χ2n) is 3.23. The number of nitrogens with two attached hydrogens (primary N) is 1. The van der Waals surface area contributed by atoms with E-state index in [4.69, 9.17) is 5.73 Å². The molecule has 3 nitrogen and oxygen atoms in total. The number of rotatable bonds is 5. The molecule has 2 aromatic rings. The summed E-state index contributed by atoms with van der Waals surface area (Å²) in [6.07, 6.45) is 1.02. The Morgan fingerprint density at radius 2 is 2.00 bits per heavy atom. The zero-order valence-electron chi connectivity index (χ0n) is 8.80. The Hall–Kier alpha value is -0.910. The van der Waals surface area contributed by atoms with Gasteiger partial charge >= 0.3 is 0 Å². The van der Waals surface area contributed by atoms with Crippen molar-refractivity contribution in [3.8, 4) is 10.6 Å². The molecule has 0 spiro atoms. The summed E-state index contributed by atoms with van der Waals surface area (Å²) in [6.45, 7) is 0.733. The van der Waals surface area contributed by atoms with Crippen LogP contribution in [0, 0.1) is 0 Å². The first-order valence-corrected chi connectivity index (χ1v) is 6.92. The van der Waals surface area contributed by atoms with Gasteiger partial charge in [-0.25, -0.2) is 0 Å². The first kappa shape index (κ1) is 11.6. The largest absolute Gasteiger partial charge is 0.330 e. The van der Waals surface area contributed by atoms with Crippen molar-refractivity contribution in [2.45, 2.75) is 10.8 Å². The second kappa shape index (κ2) is 5.98. The van der Waals surface area contributed by atoms with Gasteiger partial charge in [0.15, 0.2) is 4.34 Å². The van der Waals surface area contributed by atoms with Gasteiger partial charge in [-0.2, -0.15) is 0 Å². The van der Waals surface area contributed by atoms with Gasteiger partial charge in [-0.05, 0) is 13.0 Å². The number of hydrogen-bond acceptors (Lipinski definition) is 5. The molecule has 84 valence electrons. The van der Waals surface area contributed by atoms with Crippen LogP contribution >= 0.6 is 23.1 Å². The molecule has 0 unspecified atom stereocenters. The maximum Gasteiger partial charge on any atom is 0.174 e. The summed E-state index contributed by atoms with van der Waals surface area (Å²) in [5, 5.41) is 9.32. The lowest BCUT2D eigenvalue weighted by atomic mass is 10.2. The van der Waals surface area contributed by atoms with Crippen molar-refractivity contribution in [3.05, 3.63) is 30.3 Å². The third kappa shape index (κ3) is 3.04. The van der Waals surface area contributed by atoms with E-state index in [9.17, 15) is 0 Å². The van der Waals surface area contributed by atoms with Crippen LogP contribution in [0.5, 0.6) is 0 Å². The minimum absolute atomic E-state index is 0.733. The molecule has 0 aliphatic rings. The average molecular weight is 251 g/mol. The van der Waals surface area contributed by atoms with Crippen LogP contribution in [0.4, 0.5) is 0 Å². The van der Waals surface area contributed by atoms with E-state index < -0.39 is 0 Å². The van der Waals surface area contributed by atoms with Crippen molar-refractivity contribution in [1.29, 1.82) is 0 Å². The molecule has 0 aliphatic carbocycles. The molecule has 5 heteroatoms. The van der Waals surface area contributed by atoms with E-state index in [1.165, 1.54) is 0 Å². The SMILES string of the molecule is NCCCSc1nnc(-c2ccccc2)s1. The van der Waals surface area contributed by atoms with Crippen molar-refractivity contribution in [1.82, 2.24) is 10.2 Å². The molecular weight excluding hydrogens is 238 g/mol. The summed E-state index contributed by atoms with van der Waals surface area (Å²) in [4.78, 5) is 0. The topological polar surface area (TPSA) is 51.8 Å². The lowest BCUT2D eigenvalue weighted by Crippen LogP contribution is -1.99.